The van der Waals surface area contributed by atoms with Crippen molar-refractivity contribution in [3.8, 4) is 5.75 Å². The minimum absolute atomic E-state index is 0.219. The first-order valence-electron chi connectivity index (χ1n) is 14.7. The summed E-state index contributed by atoms with van der Waals surface area (Å²) in [5.41, 5.74) is 4.74. The van der Waals surface area contributed by atoms with Crippen molar-refractivity contribution >= 4 is 30.7 Å². The first kappa shape index (κ1) is 27.9. The standard InChI is InChI=1S/C32H46N4O2Si/c1-22-20-25(33-16-19-38-39(6,7)32(2,3)4)21-27-29(22)34-30(24-12-13-24)35-31(27)36-17-14-23(15-18-36)26-10-8-9-11-28(26)37-5/h8-11,20-21,23-24,33H,12-19H2,1-7H3. The van der Waals surface area contributed by atoms with Gasteiger partial charge in [0.15, 0.2) is 8.32 Å². The van der Waals surface area contributed by atoms with Crippen LogP contribution in [0.2, 0.25) is 18.1 Å². The molecule has 1 N–H and O–H groups in total. The summed E-state index contributed by atoms with van der Waals surface area (Å²) in [4.78, 5) is 12.8. The minimum atomic E-state index is -1.75. The number of hydrogen-bond donors (Lipinski definition) is 1. The monoisotopic (exact) mass is 546 g/mol. The van der Waals surface area contributed by atoms with Crippen LogP contribution in [0.15, 0.2) is 36.4 Å². The molecule has 2 aromatic carbocycles. The second-order valence-corrected chi connectivity index (χ2v) is 17.7. The Morgan fingerprint density at radius 2 is 1.72 bits per heavy atom. The molecule has 2 aliphatic rings. The number of aromatic nitrogens is 2. The average Bonchev–Trinajstić information content (AvgIpc) is 3.76. The summed E-state index contributed by atoms with van der Waals surface area (Å²) in [6.07, 6.45) is 4.58. The molecule has 0 atom stereocenters. The van der Waals surface area contributed by atoms with Crippen molar-refractivity contribution in [1.82, 2.24) is 9.97 Å². The smallest absolute Gasteiger partial charge is 0.192 e. The van der Waals surface area contributed by atoms with Crippen molar-refractivity contribution in [2.24, 2.45) is 0 Å². The SMILES string of the molecule is COc1ccccc1C1CCN(c2nc(C3CC3)nc3c(C)cc(NCCO[Si](C)(C)C(C)(C)C)cc23)CC1. The lowest BCUT2D eigenvalue weighted by Gasteiger charge is -2.36. The van der Waals surface area contributed by atoms with Crippen LogP contribution in [0.5, 0.6) is 5.75 Å². The number of para-hydroxylation sites is 1. The van der Waals surface area contributed by atoms with E-state index in [-0.39, 0.29) is 5.04 Å². The molecule has 210 valence electrons. The second-order valence-electron chi connectivity index (χ2n) is 12.9. The van der Waals surface area contributed by atoms with E-state index in [1.165, 1.54) is 24.0 Å². The predicted octanol–water partition coefficient (Wildman–Crippen LogP) is 7.64. The molecule has 1 aliphatic carbocycles. The first-order chi connectivity index (χ1) is 18.6. The van der Waals surface area contributed by atoms with Crippen LogP contribution in [0.3, 0.4) is 0 Å². The molecule has 39 heavy (non-hydrogen) atoms. The van der Waals surface area contributed by atoms with Gasteiger partial charge in [0.05, 0.1) is 19.2 Å². The van der Waals surface area contributed by atoms with Gasteiger partial charge in [-0.15, -0.1) is 0 Å². The van der Waals surface area contributed by atoms with Crippen LogP contribution in [0.25, 0.3) is 10.9 Å². The molecule has 0 unspecified atom stereocenters. The third-order valence-corrected chi connectivity index (χ3v) is 13.5. The summed E-state index contributed by atoms with van der Waals surface area (Å²) in [7, 11) is 0.0203. The van der Waals surface area contributed by atoms with Crippen LogP contribution < -0.4 is 15.0 Å². The Kier molecular flexibility index (Phi) is 7.93. The lowest BCUT2D eigenvalue weighted by Crippen LogP contribution is -2.41. The maximum absolute atomic E-state index is 6.40. The van der Waals surface area contributed by atoms with E-state index in [4.69, 9.17) is 19.1 Å². The zero-order valence-electron chi connectivity index (χ0n) is 24.9. The van der Waals surface area contributed by atoms with E-state index in [1.54, 1.807) is 7.11 Å². The zero-order chi connectivity index (χ0) is 27.8. The third-order valence-electron chi connectivity index (χ3n) is 9.00. The molecular weight excluding hydrogens is 500 g/mol. The van der Waals surface area contributed by atoms with Crippen molar-refractivity contribution < 1.29 is 9.16 Å². The number of rotatable bonds is 9. The summed E-state index contributed by atoms with van der Waals surface area (Å²) in [6.45, 7) is 17.1. The third kappa shape index (κ3) is 6.09. The number of anilines is 2. The van der Waals surface area contributed by atoms with Crippen LogP contribution in [0.4, 0.5) is 11.5 Å². The van der Waals surface area contributed by atoms with E-state index in [0.29, 0.717) is 18.4 Å². The molecule has 7 heteroatoms. The fraction of sp³-hybridized carbons (Fsp3) is 0.562. The lowest BCUT2D eigenvalue weighted by atomic mass is 9.88. The molecule has 0 radical (unpaired) electrons. The Labute approximate surface area is 235 Å². The molecule has 2 fully saturated rings. The van der Waals surface area contributed by atoms with Gasteiger partial charge in [0.25, 0.3) is 0 Å². The van der Waals surface area contributed by atoms with E-state index in [9.17, 15) is 0 Å². The molecule has 1 aromatic heterocycles. The van der Waals surface area contributed by atoms with Crippen LogP contribution >= 0.6 is 0 Å². The van der Waals surface area contributed by atoms with Crippen LogP contribution in [-0.2, 0) is 4.43 Å². The molecule has 1 aliphatic heterocycles. The number of nitrogens with zero attached hydrogens (tertiary/aromatic N) is 3. The Bertz CT molecular complexity index is 1310. The zero-order valence-corrected chi connectivity index (χ0v) is 25.9. The van der Waals surface area contributed by atoms with Gasteiger partial charge in [-0.3, -0.25) is 0 Å². The summed E-state index contributed by atoms with van der Waals surface area (Å²) < 4.78 is 12.1. The summed E-state index contributed by atoms with van der Waals surface area (Å²) in [5.74, 6) is 4.15. The lowest BCUT2D eigenvalue weighted by molar-refractivity contribution is 0.301. The highest BCUT2D eigenvalue weighted by atomic mass is 28.4. The van der Waals surface area contributed by atoms with Crippen LogP contribution in [-0.4, -0.2) is 51.6 Å². The maximum Gasteiger partial charge on any atom is 0.192 e. The largest absolute Gasteiger partial charge is 0.496 e. The van der Waals surface area contributed by atoms with Gasteiger partial charge in [0.1, 0.15) is 17.4 Å². The van der Waals surface area contributed by atoms with Crippen LogP contribution in [0, 0.1) is 6.92 Å². The van der Waals surface area contributed by atoms with Gasteiger partial charge in [0.2, 0.25) is 0 Å². The Morgan fingerprint density at radius 1 is 1.00 bits per heavy atom. The van der Waals surface area contributed by atoms with Gasteiger partial charge < -0.3 is 19.4 Å². The number of methoxy groups -OCH3 is 1. The minimum Gasteiger partial charge on any atom is -0.496 e. The van der Waals surface area contributed by atoms with E-state index >= 15 is 0 Å². The van der Waals surface area contributed by atoms with Crippen LogP contribution in [0.1, 0.15) is 75.2 Å². The molecule has 1 saturated heterocycles. The molecule has 1 saturated carbocycles. The number of ether oxygens (including phenoxy) is 1. The molecule has 0 bridgehead atoms. The fourth-order valence-electron chi connectivity index (χ4n) is 5.40. The highest BCUT2D eigenvalue weighted by Gasteiger charge is 2.37. The number of hydrogen-bond acceptors (Lipinski definition) is 6. The van der Waals surface area contributed by atoms with Crippen molar-refractivity contribution in [3.63, 3.8) is 0 Å². The highest BCUT2D eigenvalue weighted by Crippen LogP contribution is 2.42. The molecule has 5 rings (SSSR count). The van der Waals surface area contributed by atoms with E-state index < -0.39 is 8.32 Å². The van der Waals surface area contributed by atoms with E-state index in [0.717, 1.165) is 66.5 Å². The van der Waals surface area contributed by atoms with Crippen molar-refractivity contribution in [2.45, 2.75) is 83.3 Å². The van der Waals surface area contributed by atoms with E-state index in [1.807, 2.05) is 0 Å². The van der Waals surface area contributed by atoms with Gasteiger partial charge in [0, 0.05) is 36.6 Å². The van der Waals surface area contributed by atoms with Crippen molar-refractivity contribution in [2.75, 3.05) is 43.6 Å². The Hall–Kier alpha value is -2.64. The first-order valence-corrected chi connectivity index (χ1v) is 17.6. The van der Waals surface area contributed by atoms with E-state index in [2.05, 4.69) is 87.4 Å². The van der Waals surface area contributed by atoms with Crippen molar-refractivity contribution in [1.29, 1.82) is 0 Å². The number of piperidine rings is 1. The van der Waals surface area contributed by atoms with Gasteiger partial charge in [-0.2, -0.15) is 0 Å². The summed E-state index contributed by atoms with van der Waals surface area (Å²) >= 11 is 0. The summed E-state index contributed by atoms with van der Waals surface area (Å²) in [6, 6.07) is 13.0. The maximum atomic E-state index is 6.40. The number of aryl methyl sites for hydroxylation is 1. The van der Waals surface area contributed by atoms with Gasteiger partial charge in [-0.05, 0) is 86.0 Å². The highest BCUT2D eigenvalue weighted by molar-refractivity contribution is 6.74. The molecule has 6 nitrogen and oxygen atoms in total. The topological polar surface area (TPSA) is 59.5 Å². The van der Waals surface area contributed by atoms with Gasteiger partial charge >= 0.3 is 0 Å². The summed E-state index contributed by atoms with van der Waals surface area (Å²) in [5, 5.41) is 5.01. The molecule has 2 heterocycles. The molecular formula is C32H46N4O2Si. The number of fused-ring (bicyclic) bond motifs is 1. The molecule has 3 aromatic rings. The number of benzene rings is 2. The average molecular weight is 547 g/mol. The predicted molar refractivity (Wildman–Crippen MR) is 165 cm³/mol. The molecule has 0 spiro atoms. The second kappa shape index (κ2) is 11.1. The number of nitrogens with one attached hydrogen (secondary N) is 1. The van der Waals surface area contributed by atoms with Crippen molar-refractivity contribution in [3.05, 3.63) is 53.3 Å². The van der Waals surface area contributed by atoms with Gasteiger partial charge in [-0.1, -0.05) is 39.0 Å². The molecule has 0 amide bonds. The van der Waals surface area contributed by atoms with Gasteiger partial charge in [-0.25, -0.2) is 9.97 Å². The Balaban J connectivity index is 1.36. The fourth-order valence-corrected chi connectivity index (χ4v) is 6.44. The Morgan fingerprint density at radius 3 is 2.38 bits per heavy atom. The normalized spacial score (nSPS) is 17.1. The quantitative estimate of drug-likeness (QED) is 0.220.